The summed E-state index contributed by atoms with van der Waals surface area (Å²) in [4.78, 5) is 0. The average Bonchev–Trinajstić information content (AvgIpc) is 3.10. The molecular weight excluding hydrogens is 384 g/mol. The summed E-state index contributed by atoms with van der Waals surface area (Å²) >= 11 is 0. The molecule has 31 heavy (non-hydrogen) atoms. The Bertz CT molecular complexity index is 1240. The molecule has 0 aliphatic carbocycles. The van der Waals surface area contributed by atoms with Crippen molar-refractivity contribution in [3.05, 3.63) is 69.9 Å². The monoisotopic (exact) mass is 410 g/mol. The maximum absolute atomic E-state index is 9.70. The third-order valence-corrected chi connectivity index (χ3v) is 6.45. The Morgan fingerprint density at radius 3 is 2.84 bits per heavy atom. The molecule has 0 spiro atoms. The quantitative estimate of drug-likeness (QED) is 0.671. The van der Waals surface area contributed by atoms with Gasteiger partial charge in [-0.15, -0.1) is 5.10 Å². The summed E-state index contributed by atoms with van der Waals surface area (Å²) in [6.07, 6.45) is 1.75. The second-order valence-corrected chi connectivity index (χ2v) is 8.49. The van der Waals surface area contributed by atoms with Gasteiger partial charge in [0.2, 0.25) is 0 Å². The van der Waals surface area contributed by atoms with Crippen molar-refractivity contribution < 1.29 is 0 Å². The highest BCUT2D eigenvalue weighted by Gasteiger charge is 2.25. The van der Waals surface area contributed by atoms with Gasteiger partial charge in [-0.1, -0.05) is 35.0 Å². The van der Waals surface area contributed by atoms with Gasteiger partial charge in [0.15, 0.2) is 0 Å². The number of fused-ring (bicyclic) bond motifs is 3. The molecule has 5 rings (SSSR count). The minimum Gasteiger partial charge on any atom is -0.324 e. The second kappa shape index (κ2) is 7.77. The Balaban J connectivity index is 1.69. The van der Waals surface area contributed by atoms with E-state index in [1.807, 2.05) is 23.7 Å². The predicted molar refractivity (Wildman–Crippen MR) is 122 cm³/mol. The highest BCUT2D eigenvalue weighted by Crippen LogP contribution is 2.38. The van der Waals surface area contributed by atoms with Gasteiger partial charge in [0, 0.05) is 24.7 Å². The first-order valence-corrected chi connectivity index (χ1v) is 10.8. The summed E-state index contributed by atoms with van der Waals surface area (Å²) in [5.74, 6) is 0. The van der Waals surface area contributed by atoms with Gasteiger partial charge >= 0.3 is 0 Å². The topological polar surface area (TPSA) is 92.5 Å². The molecule has 2 aromatic carbocycles. The van der Waals surface area contributed by atoms with Crippen molar-refractivity contribution in [2.24, 2.45) is 5.73 Å². The van der Waals surface area contributed by atoms with Crippen LogP contribution < -0.4 is 11.1 Å². The van der Waals surface area contributed by atoms with Gasteiger partial charge in [0.1, 0.15) is 0 Å². The molecule has 3 N–H and O–H groups in total. The molecule has 3 heterocycles. The van der Waals surface area contributed by atoms with Crippen LogP contribution in [0.2, 0.25) is 0 Å². The standard InChI is InChI=1S/C25H26N6/c1-15-3-4-18(13-26)21(11-15)23-14-28-9-7-19(23)17-5-6-20-22(12-17)24(27)8-10-31-25(20)16(2)29-30-31/h3-6,11-12,24,28H,7-10,14,27H2,1-2H3. The first kappa shape index (κ1) is 19.7. The Hall–Kier alpha value is -3.27. The van der Waals surface area contributed by atoms with Gasteiger partial charge in [-0.25, -0.2) is 4.68 Å². The first-order chi connectivity index (χ1) is 15.1. The SMILES string of the molecule is Cc1ccc(C#N)c(C2=C(c3ccc4c(c3)C(N)CCn3nnc(C)c3-4)CCNC2)c1. The Labute approximate surface area is 182 Å². The molecule has 0 bridgehead atoms. The highest BCUT2D eigenvalue weighted by atomic mass is 15.4. The van der Waals surface area contributed by atoms with Crippen LogP contribution in [0.3, 0.4) is 0 Å². The van der Waals surface area contributed by atoms with Crippen LogP contribution in [0.1, 0.15) is 52.4 Å². The summed E-state index contributed by atoms with van der Waals surface area (Å²) in [7, 11) is 0. The minimum atomic E-state index is -0.0459. The number of rotatable bonds is 2. The number of benzene rings is 2. The minimum absolute atomic E-state index is 0.0459. The van der Waals surface area contributed by atoms with Crippen LogP contribution >= 0.6 is 0 Å². The van der Waals surface area contributed by atoms with Crippen LogP contribution in [0, 0.1) is 25.2 Å². The van der Waals surface area contributed by atoms with Crippen molar-refractivity contribution in [3.63, 3.8) is 0 Å². The van der Waals surface area contributed by atoms with Gasteiger partial charge in [-0.05, 0) is 73.2 Å². The van der Waals surface area contributed by atoms with Crippen molar-refractivity contribution in [3.8, 4) is 17.3 Å². The van der Waals surface area contributed by atoms with E-state index in [0.717, 1.165) is 71.7 Å². The zero-order valence-corrected chi connectivity index (χ0v) is 17.9. The van der Waals surface area contributed by atoms with Crippen LogP contribution in [0.5, 0.6) is 0 Å². The van der Waals surface area contributed by atoms with Crippen molar-refractivity contribution >= 4 is 11.1 Å². The van der Waals surface area contributed by atoms with Crippen molar-refractivity contribution in [1.82, 2.24) is 20.3 Å². The number of aryl methyl sites for hydroxylation is 3. The molecule has 2 aliphatic rings. The van der Waals surface area contributed by atoms with E-state index in [-0.39, 0.29) is 6.04 Å². The molecular formula is C25H26N6. The van der Waals surface area contributed by atoms with E-state index in [1.54, 1.807) is 0 Å². The van der Waals surface area contributed by atoms with Crippen LogP contribution in [-0.2, 0) is 6.54 Å². The molecule has 0 saturated carbocycles. The van der Waals surface area contributed by atoms with E-state index in [2.05, 4.69) is 52.9 Å². The van der Waals surface area contributed by atoms with Gasteiger partial charge < -0.3 is 11.1 Å². The smallest absolute Gasteiger partial charge is 0.0998 e. The Morgan fingerprint density at radius 2 is 2.00 bits per heavy atom. The lowest BCUT2D eigenvalue weighted by atomic mass is 9.85. The normalized spacial score (nSPS) is 18.2. The van der Waals surface area contributed by atoms with E-state index >= 15 is 0 Å². The summed E-state index contributed by atoms with van der Waals surface area (Å²) in [5, 5.41) is 21.8. The number of aromatic nitrogens is 3. The summed E-state index contributed by atoms with van der Waals surface area (Å²) in [6, 6.07) is 15.0. The zero-order chi connectivity index (χ0) is 21.5. The third kappa shape index (κ3) is 3.36. The summed E-state index contributed by atoms with van der Waals surface area (Å²) in [5.41, 5.74) is 17.5. The molecule has 6 nitrogen and oxygen atoms in total. The maximum Gasteiger partial charge on any atom is 0.0998 e. The molecule has 3 aromatic rings. The van der Waals surface area contributed by atoms with Gasteiger partial charge in [-0.2, -0.15) is 5.26 Å². The molecule has 0 radical (unpaired) electrons. The van der Waals surface area contributed by atoms with E-state index in [1.165, 1.54) is 16.7 Å². The van der Waals surface area contributed by atoms with E-state index < -0.39 is 0 Å². The van der Waals surface area contributed by atoms with Crippen molar-refractivity contribution in [1.29, 1.82) is 5.26 Å². The number of nitriles is 1. The summed E-state index contributed by atoms with van der Waals surface area (Å²) in [6.45, 7) is 6.52. The lowest BCUT2D eigenvalue weighted by molar-refractivity contribution is 0.524. The number of nitrogens with one attached hydrogen (secondary N) is 1. The molecule has 6 heteroatoms. The highest BCUT2D eigenvalue weighted by molar-refractivity contribution is 5.94. The molecule has 1 unspecified atom stereocenters. The Morgan fingerprint density at radius 1 is 1.13 bits per heavy atom. The molecule has 1 atom stereocenters. The fourth-order valence-electron chi connectivity index (χ4n) is 4.85. The predicted octanol–water partition coefficient (Wildman–Crippen LogP) is 3.74. The average molecular weight is 411 g/mol. The number of nitrogens with zero attached hydrogens (tertiary/aromatic N) is 4. The number of hydrogen-bond donors (Lipinski definition) is 2. The molecule has 0 fully saturated rings. The fraction of sp³-hybridized carbons (Fsp3) is 0.320. The molecule has 1 aromatic heterocycles. The van der Waals surface area contributed by atoms with Gasteiger partial charge in [-0.3, -0.25) is 0 Å². The van der Waals surface area contributed by atoms with Crippen LogP contribution in [0.4, 0.5) is 0 Å². The zero-order valence-electron chi connectivity index (χ0n) is 17.9. The fourth-order valence-corrected chi connectivity index (χ4v) is 4.85. The van der Waals surface area contributed by atoms with E-state index in [9.17, 15) is 5.26 Å². The maximum atomic E-state index is 9.70. The van der Waals surface area contributed by atoms with Crippen molar-refractivity contribution in [2.75, 3.05) is 13.1 Å². The van der Waals surface area contributed by atoms with E-state index in [4.69, 9.17) is 5.73 Å². The lowest BCUT2D eigenvalue weighted by Gasteiger charge is -2.24. The first-order valence-electron chi connectivity index (χ1n) is 10.8. The van der Waals surface area contributed by atoms with Gasteiger partial charge in [0.05, 0.1) is 23.0 Å². The molecule has 2 aliphatic heterocycles. The van der Waals surface area contributed by atoms with E-state index in [0.29, 0.717) is 0 Å². The van der Waals surface area contributed by atoms with Crippen LogP contribution in [-0.4, -0.2) is 28.1 Å². The number of nitrogens with two attached hydrogens (primary N) is 1. The van der Waals surface area contributed by atoms with Crippen molar-refractivity contribution in [2.45, 2.75) is 39.3 Å². The lowest BCUT2D eigenvalue weighted by Crippen LogP contribution is -2.24. The van der Waals surface area contributed by atoms with Crippen LogP contribution in [0.15, 0.2) is 36.4 Å². The molecule has 0 saturated heterocycles. The Kier molecular flexibility index (Phi) is 4.93. The summed E-state index contributed by atoms with van der Waals surface area (Å²) < 4.78 is 1.97. The second-order valence-electron chi connectivity index (χ2n) is 8.49. The third-order valence-electron chi connectivity index (χ3n) is 6.45. The molecule has 156 valence electrons. The largest absolute Gasteiger partial charge is 0.324 e. The van der Waals surface area contributed by atoms with Gasteiger partial charge in [0.25, 0.3) is 0 Å². The molecule has 0 amide bonds. The van der Waals surface area contributed by atoms with Crippen LogP contribution in [0.25, 0.3) is 22.4 Å². The number of hydrogen-bond acceptors (Lipinski definition) is 5.